The Balaban J connectivity index is 1.31. The molecule has 8 nitrogen and oxygen atoms in total. The van der Waals surface area contributed by atoms with Gasteiger partial charge in [-0.2, -0.15) is 4.98 Å². The fraction of sp³-hybridized carbons (Fsp3) is 0.393. The number of anilines is 4. The third-order valence-electron chi connectivity index (χ3n) is 6.92. The van der Waals surface area contributed by atoms with Crippen LogP contribution in [0.25, 0.3) is 0 Å². The lowest BCUT2D eigenvalue weighted by molar-refractivity contribution is 0.0342. The van der Waals surface area contributed by atoms with Crippen LogP contribution in [0.1, 0.15) is 46.3 Å². The van der Waals surface area contributed by atoms with Gasteiger partial charge in [0.25, 0.3) is 5.91 Å². The van der Waals surface area contributed by atoms with Crippen LogP contribution in [0.2, 0.25) is 0 Å². The zero-order valence-electron chi connectivity index (χ0n) is 21.0. The number of ether oxygens (including phenoxy) is 1. The maximum absolute atomic E-state index is 13.2. The van der Waals surface area contributed by atoms with Gasteiger partial charge in [0.2, 0.25) is 5.95 Å². The SMILES string of the molecule is Cc1cccc(C)c1NC(=O)c1cnc(Nc2ccc(CN3CCOCC3)cc2)nc1NC1CCC1. The summed E-state index contributed by atoms with van der Waals surface area (Å²) in [6.07, 6.45) is 4.95. The molecule has 188 valence electrons. The van der Waals surface area contributed by atoms with Gasteiger partial charge in [0.05, 0.1) is 13.2 Å². The summed E-state index contributed by atoms with van der Waals surface area (Å²) in [6.45, 7) is 8.43. The van der Waals surface area contributed by atoms with Gasteiger partial charge in [-0.05, 0) is 61.9 Å². The van der Waals surface area contributed by atoms with Gasteiger partial charge < -0.3 is 20.7 Å². The van der Waals surface area contributed by atoms with E-state index in [0.29, 0.717) is 23.4 Å². The standard InChI is InChI=1S/C28H34N6O2/c1-19-5-3-6-20(2)25(19)32-27(35)24-17-29-28(33-26(24)30-22-7-4-8-22)31-23-11-9-21(10-12-23)18-34-13-15-36-16-14-34/h3,5-6,9-12,17,22H,4,7-8,13-16,18H2,1-2H3,(H,32,35)(H2,29,30,31,33). The predicted molar refractivity (Wildman–Crippen MR) is 143 cm³/mol. The summed E-state index contributed by atoms with van der Waals surface area (Å²) in [5.41, 5.74) is 5.48. The van der Waals surface area contributed by atoms with Gasteiger partial charge in [0, 0.05) is 43.2 Å². The Labute approximate surface area is 212 Å². The van der Waals surface area contributed by atoms with Crippen molar-refractivity contribution in [2.45, 2.75) is 45.7 Å². The summed E-state index contributed by atoms with van der Waals surface area (Å²) in [5.74, 6) is 0.805. The summed E-state index contributed by atoms with van der Waals surface area (Å²) < 4.78 is 5.43. The minimum absolute atomic E-state index is 0.215. The van der Waals surface area contributed by atoms with Crippen LogP contribution in [0, 0.1) is 13.8 Å². The molecule has 1 amide bonds. The molecule has 5 rings (SSSR count). The van der Waals surface area contributed by atoms with Crippen LogP contribution < -0.4 is 16.0 Å². The van der Waals surface area contributed by atoms with E-state index in [2.05, 4.69) is 38.0 Å². The average Bonchev–Trinajstić information content (AvgIpc) is 2.86. The van der Waals surface area contributed by atoms with Crippen LogP contribution in [0.3, 0.4) is 0 Å². The number of benzene rings is 2. The van der Waals surface area contributed by atoms with Crippen LogP contribution in [-0.2, 0) is 11.3 Å². The first kappa shape index (κ1) is 24.2. The summed E-state index contributed by atoms with van der Waals surface area (Å²) in [4.78, 5) is 24.8. The molecule has 0 spiro atoms. The number of nitrogens with zero attached hydrogens (tertiary/aromatic N) is 3. The molecule has 2 heterocycles. The Morgan fingerprint density at radius 2 is 1.78 bits per heavy atom. The van der Waals surface area contributed by atoms with Crippen molar-refractivity contribution in [2.24, 2.45) is 0 Å². The highest BCUT2D eigenvalue weighted by molar-refractivity contribution is 6.08. The zero-order valence-corrected chi connectivity index (χ0v) is 21.0. The lowest BCUT2D eigenvalue weighted by atomic mass is 9.93. The van der Waals surface area contributed by atoms with Crippen molar-refractivity contribution in [3.05, 3.63) is 70.9 Å². The molecule has 0 unspecified atom stereocenters. The van der Waals surface area contributed by atoms with E-state index in [-0.39, 0.29) is 5.91 Å². The second-order valence-corrected chi connectivity index (χ2v) is 9.66. The molecule has 2 aromatic carbocycles. The van der Waals surface area contributed by atoms with E-state index in [1.54, 1.807) is 6.20 Å². The monoisotopic (exact) mass is 486 g/mol. The molecule has 0 atom stereocenters. The van der Waals surface area contributed by atoms with E-state index >= 15 is 0 Å². The van der Waals surface area contributed by atoms with Gasteiger partial charge in [-0.1, -0.05) is 30.3 Å². The number of carbonyl (C=O) groups is 1. The Morgan fingerprint density at radius 1 is 1.06 bits per heavy atom. The van der Waals surface area contributed by atoms with Crippen molar-refractivity contribution in [3.8, 4) is 0 Å². The van der Waals surface area contributed by atoms with Gasteiger partial charge in [-0.15, -0.1) is 0 Å². The molecule has 36 heavy (non-hydrogen) atoms. The van der Waals surface area contributed by atoms with E-state index in [9.17, 15) is 4.79 Å². The third-order valence-corrected chi connectivity index (χ3v) is 6.92. The Hall–Kier alpha value is -3.49. The number of para-hydroxylation sites is 1. The highest BCUT2D eigenvalue weighted by atomic mass is 16.5. The first-order valence-corrected chi connectivity index (χ1v) is 12.7. The molecule has 2 aliphatic rings. The highest BCUT2D eigenvalue weighted by Crippen LogP contribution is 2.27. The maximum Gasteiger partial charge on any atom is 0.261 e. The first-order valence-electron chi connectivity index (χ1n) is 12.7. The number of morpholine rings is 1. The van der Waals surface area contributed by atoms with Crippen LogP contribution in [-0.4, -0.2) is 53.1 Å². The molecule has 1 aromatic heterocycles. The van der Waals surface area contributed by atoms with Crippen LogP contribution in [0.15, 0.2) is 48.7 Å². The molecular weight excluding hydrogens is 452 g/mol. The number of hydrogen-bond acceptors (Lipinski definition) is 7. The van der Waals surface area contributed by atoms with Gasteiger partial charge in [-0.3, -0.25) is 9.69 Å². The molecule has 1 aliphatic carbocycles. The third kappa shape index (κ3) is 5.83. The Morgan fingerprint density at radius 3 is 2.44 bits per heavy atom. The van der Waals surface area contributed by atoms with Crippen molar-refractivity contribution in [3.63, 3.8) is 0 Å². The molecular formula is C28H34N6O2. The van der Waals surface area contributed by atoms with Gasteiger partial charge in [0.15, 0.2) is 0 Å². The summed E-state index contributed by atoms with van der Waals surface area (Å²) in [6, 6.07) is 14.6. The molecule has 1 saturated carbocycles. The Bertz CT molecular complexity index is 1180. The van der Waals surface area contributed by atoms with Crippen molar-refractivity contribution >= 4 is 29.0 Å². The lowest BCUT2D eigenvalue weighted by Crippen LogP contribution is -2.35. The van der Waals surface area contributed by atoms with E-state index in [0.717, 1.165) is 68.2 Å². The smallest absolute Gasteiger partial charge is 0.261 e. The molecule has 3 N–H and O–H groups in total. The number of amides is 1. The molecule has 1 aliphatic heterocycles. The van der Waals surface area contributed by atoms with Gasteiger partial charge in [0.1, 0.15) is 11.4 Å². The fourth-order valence-electron chi connectivity index (χ4n) is 4.50. The van der Waals surface area contributed by atoms with E-state index in [1.807, 2.05) is 44.2 Å². The minimum atomic E-state index is -0.215. The average molecular weight is 487 g/mol. The van der Waals surface area contributed by atoms with Gasteiger partial charge >= 0.3 is 0 Å². The second-order valence-electron chi connectivity index (χ2n) is 9.66. The van der Waals surface area contributed by atoms with Crippen molar-refractivity contribution in [1.29, 1.82) is 0 Å². The number of aromatic nitrogens is 2. The quantitative estimate of drug-likeness (QED) is 0.418. The maximum atomic E-state index is 13.2. The topological polar surface area (TPSA) is 91.4 Å². The molecule has 0 bridgehead atoms. The zero-order chi connectivity index (χ0) is 24.9. The second kappa shape index (κ2) is 11.1. The molecule has 0 radical (unpaired) electrons. The van der Waals surface area contributed by atoms with E-state index < -0.39 is 0 Å². The molecule has 8 heteroatoms. The molecule has 2 fully saturated rings. The normalized spacial score (nSPS) is 16.3. The summed E-state index contributed by atoms with van der Waals surface area (Å²) >= 11 is 0. The van der Waals surface area contributed by atoms with Gasteiger partial charge in [-0.25, -0.2) is 4.98 Å². The number of nitrogens with one attached hydrogen (secondary N) is 3. The largest absolute Gasteiger partial charge is 0.379 e. The summed E-state index contributed by atoms with van der Waals surface area (Å²) in [7, 11) is 0. The first-order chi connectivity index (χ1) is 17.5. The van der Waals surface area contributed by atoms with Crippen LogP contribution >= 0.6 is 0 Å². The van der Waals surface area contributed by atoms with Crippen LogP contribution in [0.5, 0.6) is 0 Å². The van der Waals surface area contributed by atoms with Crippen LogP contribution in [0.4, 0.5) is 23.1 Å². The number of carbonyl (C=O) groups excluding carboxylic acids is 1. The molecule has 3 aromatic rings. The van der Waals surface area contributed by atoms with Crippen molar-refractivity contribution in [1.82, 2.24) is 14.9 Å². The number of hydrogen-bond donors (Lipinski definition) is 3. The molecule has 1 saturated heterocycles. The lowest BCUT2D eigenvalue weighted by Gasteiger charge is -2.28. The Kier molecular flexibility index (Phi) is 7.44. The fourth-order valence-corrected chi connectivity index (χ4v) is 4.50. The minimum Gasteiger partial charge on any atom is -0.379 e. The van der Waals surface area contributed by atoms with Crippen molar-refractivity contribution in [2.75, 3.05) is 42.3 Å². The summed E-state index contributed by atoms with van der Waals surface area (Å²) in [5, 5.41) is 9.81. The van der Waals surface area contributed by atoms with E-state index in [1.165, 1.54) is 12.0 Å². The predicted octanol–water partition coefficient (Wildman–Crippen LogP) is 4.89. The van der Waals surface area contributed by atoms with E-state index in [4.69, 9.17) is 9.72 Å². The highest BCUT2D eigenvalue weighted by Gasteiger charge is 2.23. The number of aryl methyl sites for hydroxylation is 2. The number of rotatable bonds is 8. The van der Waals surface area contributed by atoms with Crippen molar-refractivity contribution < 1.29 is 9.53 Å².